The summed E-state index contributed by atoms with van der Waals surface area (Å²) in [6.45, 7) is 6.50. The van der Waals surface area contributed by atoms with E-state index in [2.05, 4.69) is 32.9 Å². The Morgan fingerprint density at radius 1 is 0.810 bits per heavy atom. The van der Waals surface area contributed by atoms with Gasteiger partial charge in [-0.25, -0.2) is 0 Å². The normalized spacial score (nSPS) is 38.8. The molecule has 4 fully saturated rings. The Labute approximate surface area is 128 Å². The van der Waals surface area contributed by atoms with E-state index in [0.717, 1.165) is 23.7 Å². The molecule has 4 aliphatic carbocycles. The molecule has 21 heavy (non-hydrogen) atoms. The van der Waals surface area contributed by atoms with Crippen molar-refractivity contribution in [1.82, 2.24) is 0 Å². The molecule has 1 unspecified atom stereocenters. The summed E-state index contributed by atoms with van der Waals surface area (Å²) in [4.78, 5) is 0. The van der Waals surface area contributed by atoms with Gasteiger partial charge in [-0.1, -0.05) is 12.1 Å². The molecule has 4 aliphatic rings. The van der Waals surface area contributed by atoms with E-state index in [9.17, 15) is 5.11 Å². The number of hydrogen-bond acceptors (Lipinski definition) is 1. The summed E-state index contributed by atoms with van der Waals surface area (Å²) in [5.74, 6) is 4.07. The lowest BCUT2D eigenvalue weighted by Crippen LogP contribution is -2.47. The van der Waals surface area contributed by atoms with Crippen LogP contribution in [-0.2, 0) is 0 Å². The van der Waals surface area contributed by atoms with E-state index in [1.807, 2.05) is 0 Å². The summed E-state index contributed by atoms with van der Waals surface area (Å²) >= 11 is 0. The Morgan fingerprint density at radius 3 is 1.90 bits per heavy atom. The molecule has 114 valence electrons. The first-order valence-corrected chi connectivity index (χ1v) is 8.78. The first kappa shape index (κ1) is 13.8. The summed E-state index contributed by atoms with van der Waals surface area (Å²) < 4.78 is 0. The summed E-state index contributed by atoms with van der Waals surface area (Å²) in [6.07, 6.45) is 6.80. The molecule has 0 spiro atoms. The molecule has 1 aromatic rings. The summed E-state index contributed by atoms with van der Waals surface area (Å²) in [5, 5.41) is 11.1. The van der Waals surface area contributed by atoms with E-state index >= 15 is 0 Å². The third kappa shape index (κ3) is 2.16. The van der Waals surface area contributed by atoms with Crippen molar-refractivity contribution < 1.29 is 5.11 Å². The lowest BCUT2D eigenvalue weighted by Gasteiger charge is -2.55. The number of hydrogen-bond donors (Lipinski definition) is 1. The first-order chi connectivity index (χ1) is 10.0. The van der Waals surface area contributed by atoms with Gasteiger partial charge in [0.1, 0.15) is 0 Å². The molecule has 1 aromatic carbocycles. The predicted molar refractivity (Wildman–Crippen MR) is 86.1 cm³/mol. The summed E-state index contributed by atoms with van der Waals surface area (Å²) in [5.41, 5.74) is 5.14. The quantitative estimate of drug-likeness (QED) is 0.833. The summed E-state index contributed by atoms with van der Waals surface area (Å²) in [7, 11) is 0. The molecule has 4 bridgehead atoms. The SMILES string of the molecule is Cc1cc(C)c(C(O)C2C3CC4CC(C3)CC2C4)cc1C. The van der Waals surface area contributed by atoms with Crippen LogP contribution in [0.15, 0.2) is 12.1 Å². The van der Waals surface area contributed by atoms with Gasteiger partial charge in [-0.2, -0.15) is 0 Å². The minimum atomic E-state index is -0.237. The zero-order valence-electron chi connectivity index (χ0n) is 13.6. The van der Waals surface area contributed by atoms with Gasteiger partial charge in [-0.15, -0.1) is 0 Å². The molecular weight excluding hydrogens is 256 g/mol. The predicted octanol–water partition coefficient (Wildman–Crippen LogP) is 4.72. The van der Waals surface area contributed by atoms with Crippen LogP contribution in [0.4, 0.5) is 0 Å². The molecule has 1 nitrogen and oxygen atoms in total. The maximum atomic E-state index is 11.1. The fraction of sp³-hybridized carbons (Fsp3) is 0.700. The average molecular weight is 284 g/mol. The highest BCUT2D eigenvalue weighted by Crippen LogP contribution is 2.59. The molecule has 0 saturated heterocycles. The number of benzene rings is 1. The fourth-order valence-electron chi connectivity index (χ4n) is 5.99. The summed E-state index contributed by atoms with van der Waals surface area (Å²) in [6, 6.07) is 4.50. The van der Waals surface area contributed by atoms with Crippen LogP contribution >= 0.6 is 0 Å². The van der Waals surface area contributed by atoms with Gasteiger partial charge in [0.2, 0.25) is 0 Å². The lowest BCUT2D eigenvalue weighted by molar-refractivity contribution is -0.0909. The Balaban J connectivity index is 1.66. The van der Waals surface area contributed by atoms with Crippen molar-refractivity contribution in [3.05, 3.63) is 34.4 Å². The highest BCUT2D eigenvalue weighted by molar-refractivity contribution is 5.38. The molecule has 5 rings (SSSR count). The number of aliphatic hydroxyl groups excluding tert-OH is 1. The smallest absolute Gasteiger partial charge is 0.0826 e. The van der Waals surface area contributed by atoms with Crippen molar-refractivity contribution >= 4 is 0 Å². The van der Waals surface area contributed by atoms with E-state index in [1.54, 1.807) is 0 Å². The monoisotopic (exact) mass is 284 g/mol. The van der Waals surface area contributed by atoms with Gasteiger partial charge < -0.3 is 5.11 Å². The molecule has 4 saturated carbocycles. The van der Waals surface area contributed by atoms with Crippen molar-refractivity contribution in [2.45, 2.75) is 59.0 Å². The molecule has 0 radical (unpaired) electrons. The molecule has 1 N–H and O–H groups in total. The van der Waals surface area contributed by atoms with Crippen LogP contribution in [0.1, 0.15) is 60.5 Å². The van der Waals surface area contributed by atoms with Gasteiger partial charge in [0, 0.05) is 0 Å². The van der Waals surface area contributed by atoms with Gasteiger partial charge in [-0.05, 0) is 105 Å². The van der Waals surface area contributed by atoms with E-state index in [-0.39, 0.29) is 6.10 Å². The van der Waals surface area contributed by atoms with Crippen LogP contribution in [0, 0.1) is 50.4 Å². The molecule has 0 heterocycles. The van der Waals surface area contributed by atoms with Gasteiger partial charge in [0.05, 0.1) is 6.10 Å². The number of aliphatic hydroxyl groups is 1. The minimum absolute atomic E-state index is 0.237. The lowest BCUT2D eigenvalue weighted by atomic mass is 9.50. The Kier molecular flexibility index (Phi) is 3.19. The topological polar surface area (TPSA) is 20.2 Å². The van der Waals surface area contributed by atoms with Crippen molar-refractivity contribution in [3.63, 3.8) is 0 Å². The number of rotatable bonds is 2. The zero-order chi connectivity index (χ0) is 14.7. The van der Waals surface area contributed by atoms with E-state index < -0.39 is 0 Å². The van der Waals surface area contributed by atoms with Gasteiger partial charge in [0.15, 0.2) is 0 Å². The Bertz CT molecular complexity index is 531. The maximum Gasteiger partial charge on any atom is 0.0826 e. The molecule has 1 atom stereocenters. The van der Waals surface area contributed by atoms with Crippen molar-refractivity contribution in [1.29, 1.82) is 0 Å². The second-order valence-electron chi connectivity index (χ2n) is 8.25. The van der Waals surface area contributed by atoms with E-state index in [1.165, 1.54) is 54.4 Å². The highest BCUT2D eigenvalue weighted by atomic mass is 16.3. The van der Waals surface area contributed by atoms with Gasteiger partial charge >= 0.3 is 0 Å². The average Bonchev–Trinajstić information content (AvgIpc) is 2.41. The van der Waals surface area contributed by atoms with Crippen LogP contribution < -0.4 is 0 Å². The molecule has 0 aromatic heterocycles. The second kappa shape index (κ2) is 4.84. The van der Waals surface area contributed by atoms with Gasteiger partial charge in [0.25, 0.3) is 0 Å². The van der Waals surface area contributed by atoms with Crippen molar-refractivity contribution in [2.75, 3.05) is 0 Å². The van der Waals surface area contributed by atoms with E-state index in [0.29, 0.717) is 5.92 Å². The van der Waals surface area contributed by atoms with E-state index in [4.69, 9.17) is 0 Å². The van der Waals surface area contributed by atoms with Crippen LogP contribution in [0.2, 0.25) is 0 Å². The van der Waals surface area contributed by atoms with Crippen LogP contribution in [0.5, 0.6) is 0 Å². The molecule has 0 aliphatic heterocycles. The molecule has 0 amide bonds. The Hall–Kier alpha value is -0.820. The standard InChI is InChI=1S/C20H28O/c1-11-4-13(3)18(5-12(11)2)20(21)19-16-7-14-6-15(9-16)10-17(19)8-14/h4-5,14-17,19-21H,6-10H2,1-3H3. The van der Waals surface area contributed by atoms with Crippen molar-refractivity contribution in [3.8, 4) is 0 Å². The minimum Gasteiger partial charge on any atom is -0.388 e. The first-order valence-electron chi connectivity index (χ1n) is 8.78. The third-order valence-electron chi connectivity index (χ3n) is 6.87. The zero-order valence-corrected chi connectivity index (χ0v) is 13.6. The highest BCUT2D eigenvalue weighted by Gasteiger charge is 2.50. The van der Waals surface area contributed by atoms with Crippen molar-refractivity contribution in [2.24, 2.45) is 29.6 Å². The Morgan fingerprint density at radius 2 is 1.33 bits per heavy atom. The van der Waals surface area contributed by atoms with Crippen LogP contribution in [-0.4, -0.2) is 5.11 Å². The second-order valence-corrected chi connectivity index (χ2v) is 8.25. The van der Waals surface area contributed by atoms with Crippen LogP contribution in [0.3, 0.4) is 0 Å². The maximum absolute atomic E-state index is 11.1. The van der Waals surface area contributed by atoms with Crippen LogP contribution in [0.25, 0.3) is 0 Å². The molecular formula is C20H28O. The van der Waals surface area contributed by atoms with Gasteiger partial charge in [-0.3, -0.25) is 0 Å². The fourth-order valence-corrected chi connectivity index (χ4v) is 5.99. The number of aryl methyl sites for hydroxylation is 3. The molecule has 1 heteroatoms. The third-order valence-corrected chi connectivity index (χ3v) is 6.87. The largest absolute Gasteiger partial charge is 0.388 e.